The Morgan fingerprint density at radius 2 is 0.194 bits per heavy atom. The van der Waals surface area contributed by atoms with Gasteiger partial charge in [0.15, 0.2) is 0 Å². The Morgan fingerprint density at radius 3 is 0.276 bits per heavy atom. The van der Waals surface area contributed by atoms with E-state index in [0.29, 0.717) is 65.4 Å². The SMILES string of the molecule is CCCCCCCCCCCCCCCCN(CCO)CCO.CCCCCCCCCCCCCCN(CCO)CCO.CCCCCCCCCCCCN(CCO)CCO.CCCCCCCCCCCN(CCO)CCO.CCCCCCCCCCN(CCO)CCO. The largest absolute Gasteiger partial charge is 0.395 e. The van der Waals surface area contributed by atoms with Gasteiger partial charge in [-0.1, -0.05) is 343 Å². The third-order valence-electron chi connectivity index (χ3n) is 19.1. The molecule has 0 aliphatic carbocycles. The first-order chi connectivity index (χ1) is 48.2. The maximum atomic E-state index is 8.96. The summed E-state index contributed by atoms with van der Waals surface area (Å²) in [6, 6.07) is 0. The second-order valence-corrected chi connectivity index (χ2v) is 28.4. The first-order valence-corrected chi connectivity index (χ1v) is 42.9. The lowest BCUT2D eigenvalue weighted by Gasteiger charge is -2.19. The van der Waals surface area contributed by atoms with Crippen molar-refractivity contribution in [2.24, 2.45) is 0 Å². The third-order valence-corrected chi connectivity index (χ3v) is 19.1. The number of aliphatic hydroxyl groups is 10. The summed E-state index contributed by atoms with van der Waals surface area (Å²) >= 11 is 0. The van der Waals surface area contributed by atoms with Crippen molar-refractivity contribution >= 4 is 0 Å². The molecule has 15 heteroatoms. The summed E-state index contributed by atoms with van der Waals surface area (Å²) < 4.78 is 0. The second kappa shape index (κ2) is 103. The average molecular weight is 1410 g/mol. The lowest BCUT2D eigenvalue weighted by atomic mass is 10.0. The van der Waals surface area contributed by atoms with Crippen LogP contribution in [0.3, 0.4) is 0 Å². The fourth-order valence-electron chi connectivity index (χ4n) is 12.7. The summed E-state index contributed by atoms with van der Waals surface area (Å²) in [5, 5.41) is 89.1. The Kier molecular flexibility index (Phi) is 111. The summed E-state index contributed by atoms with van der Waals surface area (Å²) in [6.45, 7) is 25.2. The van der Waals surface area contributed by atoms with Gasteiger partial charge in [0.2, 0.25) is 0 Å². The van der Waals surface area contributed by atoms with Gasteiger partial charge in [-0.2, -0.15) is 0 Å². The molecule has 0 heterocycles. The Morgan fingerprint density at radius 1 is 0.112 bits per heavy atom. The highest BCUT2D eigenvalue weighted by Crippen LogP contribution is 2.17. The third kappa shape index (κ3) is 99.6. The van der Waals surface area contributed by atoms with Crippen LogP contribution in [-0.2, 0) is 0 Å². The molecule has 0 saturated carbocycles. The number of hydrogen-bond donors (Lipinski definition) is 10. The van der Waals surface area contributed by atoms with E-state index in [1.165, 1.54) is 340 Å². The lowest BCUT2D eigenvalue weighted by molar-refractivity contribution is 0.158. The van der Waals surface area contributed by atoms with Crippen molar-refractivity contribution in [1.82, 2.24) is 24.5 Å². The van der Waals surface area contributed by atoms with Crippen LogP contribution in [0.5, 0.6) is 0 Å². The maximum absolute atomic E-state index is 8.96. The van der Waals surface area contributed by atoms with Gasteiger partial charge in [0.05, 0.1) is 66.1 Å². The predicted molar refractivity (Wildman–Crippen MR) is 426 cm³/mol. The fourth-order valence-corrected chi connectivity index (χ4v) is 12.7. The summed E-state index contributed by atoms with van der Waals surface area (Å²) in [5.41, 5.74) is 0. The summed E-state index contributed by atoms with van der Waals surface area (Å²) in [4.78, 5) is 10.7. The van der Waals surface area contributed by atoms with Crippen LogP contribution in [0.1, 0.15) is 375 Å². The first-order valence-electron chi connectivity index (χ1n) is 42.9. The highest BCUT2D eigenvalue weighted by Gasteiger charge is 2.08. The van der Waals surface area contributed by atoms with Gasteiger partial charge in [-0.15, -0.1) is 0 Å². The van der Waals surface area contributed by atoms with Crippen molar-refractivity contribution in [2.45, 2.75) is 375 Å². The highest BCUT2D eigenvalue weighted by molar-refractivity contribution is 4.63. The Hall–Kier alpha value is -0.600. The van der Waals surface area contributed by atoms with Crippen LogP contribution < -0.4 is 0 Å². The van der Waals surface area contributed by atoms with Crippen molar-refractivity contribution in [2.75, 3.05) is 164 Å². The summed E-state index contributed by atoms with van der Waals surface area (Å²) in [5.74, 6) is 0. The average Bonchev–Trinajstić information content (AvgIpc) is 3.63. The summed E-state index contributed by atoms with van der Waals surface area (Å²) in [6.07, 6.45) is 72.0. The van der Waals surface area contributed by atoms with Gasteiger partial charge < -0.3 is 51.1 Å². The van der Waals surface area contributed by atoms with Crippen molar-refractivity contribution in [1.29, 1.82) is 0 Å². The lowest BCUT2D eigenvalue weighted by Crippen LogP contribution is -2.30. The standard InChI is InChI=1S/C20H43NO2.C18H39NO2.C16H35NO2.C15H33NO2.C14H31NO2/c1-2-3-4-5-6-7-8-9-10-11-12-13-14-15-16-21(17-19-22)18-20-23;1-2-3-4-5-6-7-8-9-10-11-12-13-14-19(15-17-20)16-18-21;1-2-3-4-5-6-7-8-9-10-11-12-17(13-15-18)14-16-19;1-2-3-4-5-6-7-8-9-10-11-16(12-14-17)13-15-18;1-2-3-4-5-6-7-8-9-10-15(11-13-16)12-14-17/h22-23H,2-20H2,1H3;20-21H,2-18H2,1H3;18-19H,2-16H2,1H3;17-18H,2-15H2,1H3;16-17H,2-14H2,1H3. The van der Waals surface area contributed by atoms with Crippen LogP contribution in [0.4, 0.5) is 0 Å². The van der Waals surface area contributed by atoms with Crippen LogP contribution in [0.2, 0.25) is 0 Å². The molecule has 0 aliphatic rings. The van der Waals surface area contributed by atoms with Gasteiger partial charge in [-0.05, 0) is 64.8 Å². The molecule has 98 heavy (non-hydrogen) atoms. The monoisotopic (exact) mass is 1410 g/mol. The molecule has 0 fully saturated rings. The first kappa shape index (κ1) is 106. The van der Waals surface area contributed by atoms with E-state index in [1.807, 2.05) is 0 Å². The Bertz CT molecular complexity index is 1260. The van der Waals surface area contributed by atoms with E-state index in [0.717, 1.165) is 32.7 Å². The maximum Gasteiger partial charge on any atom is 0.0558 e. The molecule has 0 aromatic heterocycles. The molecule has 0 saturated heterocycles. The Balaban J connectivity index is -0.000000369. The number of hydrogen-bond acceptors (Lipinski definition) is 15. The van der Waals surface area contributed by atoms with Crippen molar-refractivity contribution in [3.8, 4) is 0 Å². The molecule has 0 atom stereocenters. The number of aliphatic hydroxyl groups excluding tert-OH is 10. The van der Waals surface area contributed by atoms with Crippen molar-refractivity contribution in [3.63, 3.8) is 0 Å². The molecule has 0 rings (SSSR count). The molecule has 0 aliphatic heterocycles. The van der Waals surface area contributed by atoms with E-state index >= 15 is 0 Å². The molecule has 0 amide bonds. The van der Waals surface area contributed by atoms with Crippen LogP contribution in [0.25, 0.3) is 0 Å². The molecule has 0 bridgehead atoms. The second-order valence-electron chi connectivity index (χ2n) is 28.4. The van der Waals surface area contributed by atoms with Gasteiger partial charge in [0.1, 0.15) is 0 Å². The minimum atomic E-state index is 0.191. The predicted octanol–water partition coefficient (Wildman–Crippen LogP) is 17.1. The van der Waals surface area contributed by atoms with E-state index in [4.69, 9.17) is 51.1 Å². The number of rotatable bonds is 78. The van der Waals surface area contributed by atoms with Gasteiger partial charge in [-0.3, -0.25) is 24.5 Å². The molecule has 15 nitrogen and oxygen atoms in total. The smallest absolute Gasteiger partial charge is 0.0558 e. The molecule has 0 spiro atoms. The quantitative estimate of drug-likeness (QED) is 0.0256. The Labute approximate surface area is 611 Å². The van der Waals surface area contributed by atoms with E-state index in [1.54, 1.807) is 0 Å². The summed E-state index contributed by atoms with van der Waals surface area (Å²) in [7, 11) is 0. The van der Waals surface area contributed by atoms with E-state index in [9.17, 15) is 0 Å². The fraction of sp³-hybridized carbons (Fsp3) is 1.00. The topological polar surface area (TPSA) is 218 Å². The molecule has 0 aromatic rings. The zero-order valence-corrected chi connectivity index (χ0v) is 66.9. The molecule has 10 N–H and O–H groups in total. The number of nitrogens with zero attached hydrogens (tertiary/aromatic N) is 5. The highest BCUT2D eigenvalue weighted by atomic mass is 16.3. The van der Waals surface area contributed by atoms with Crippen LogP contribution in [-0.4, -0.2) is 240 Å². The molecular weight excluding hydrogens is 1230 g/mol. The van der Waals surface area contributed by atoms with Crippen molar-refractivity contribution in [3.05, 3.63) is 0 Å². The molecule has 0 radical (unpaired) electrons. The van der Waals surface area contributed by atoms with Crippen LogP contribution in [0.15, 0.2) is 0 Å². The van der Waals surface area contributed by atoms with Crippen molar-refractivity contribution < 1.29 is 51.1 Å². The number of unbranched alkanes of at least 4 members (excludes halogenated alkanes) is 48. The van der Waals surface area contributed by atoms with Crippen LogP contribution >= 0.6 is 0 Å². The van der Waals surface area contributed by atoms with Gasteiger partial charge in [-0.25, -0.2) is 0 Å². The van der Waals surface area contributed by atoms with Crippen LogP contribution in [0, 0.1) is 0 Å². The van der Waals surface area contributed by atoms with Gasteiger partial charge in [0, 0.05) is 65.4 Å². The van der Waals surface area contributed by atoms with E-state index < -0.39 is 0 Å². The van der Waals surface area contributed by atoms with E-state index in [2.05, 4.69) is 59.1 Å². The normalized spacial score (nSPS) is 11.4. The zero-order chi connectivity index (χ0) is 73.0. The minimum Gasteiger partial charge on any atom is -0.395 e. The molecular formula is C83H181N5O10. The minimum absolute atomic E-state index is 0.191. The molecule has 0 aromatic carbocycles. The molecule has 0 unspecified atom stereocenters. The van der Waals surface area contributed by atoms with Gasteiger partial charge in [0.25, 0.3) is 0 Å². The van der Waals surface area contributed by atoms with E-state index in [-0.39, 0.29) is 66.1 Å². The van der Waals surface area contributed by atoms with Gasteiger partial charge >= 0.3 is 0 Å². The molecule has 598 valence electrons. The zero-order valence-electron chi connectivity index (χ0n) is 66.9.